The summed E-state index contributed by atoms with van der Waals surface area (Å²) in [5, 5.41) is 1.21. The monoisotopic (exact) mass is 284 g/mol. The van der Waals surface area contributed by atoms with Gasteiger partial charge in [0.2, 0.25) is 0 Å². The van der Waals surface area contributed by atoms with Crippen molar-refractivity contribution >= 4 is 39.8 Å². The highest BCUT2D eigenvalue weighted by Crippen LogP contribution is 2.29. The Morgan fingerprint density at radius 3 is 2.61 bits per heavy atom. The zero-order valence-corrected chi connectivity index (χ0v) is 12.2. The summed E-state index contributed by atoms with van der Waals surface area (Å²) in [4.78, 5) is 15.9. The van der Waals surface area contributed by atoms with Crippen LogP contribution < -0.4 is 4.90 Å². The van der Waals surface area contributed by atoms with Gasteiger partial charge in [0.15, 0.2) is 0 Å². The molecule has 0 unspecified atom stereocenters. The Balaban J connectivity index is 0.00000120. The number of hydrogen-bond acceptors (Lipinski definition) is 5. The van der Waals surface area contributed by atoms with E-state index in [0.717, 1.165) is 36.8 Å². The lowest BCUT2D eigenvalue weighted by Crippen LogP contribution is -2.44. The summed E-state index contributed by atoms with van der Waals surface area (Å²) in [7, 11) is 2.17. The van der Waals surface area contributed by atoms with Gasteiger partial charge < -0.3 is 9.80 Å². The molecule has 0 atom stereocenters. The molecule has 0 amide bonds. The third kappa shape index (κ3) is 2.43. The summed E-state index contributed by atoms with van der Waals surface area (Å²) in [5.41, 5.74) is 0. The van der Waals surface area contributed by atoms with Crippen LogP contribution in [0.2, 0.25) is 0 Å². The number of likely N-dealkylation sites (N-methyl/N-ethyl adjacent to an activating group) is 1. The molecule has 1 saturated heterocycles. The molecule has 1 aliphatic rings. The second kappa shape index (κ2) is 5.38. The van der Waals surface area contributed by atoms with Crippen molar-refractivity contribution in [3.63, 3.8) is 0 Å². The first-order chi connectivity index (χ1) is 8.24. The molecular weight excluding hydrogens is 268 g/mol. The van der Waals surface area contributed by atoms with Crippen LogP contribution in [-0.4, -0.2) is 48.1 Å². The average Bonchev–Trinajstić information content (AvgIpc) is 2.70. The molecule has 3 rings (SSSR count). The topological polar surface area (TPSA) is 32.3 Å². The van der Waals surface area contributed by atoms with Crippen molar-refractivity contribution in [1.29, 1.82) is 0 Å². The SMILES string of the molecule is Cc1cc2c(N3CCN(C)CC3)ncnc2s1.Cl. The lowest BCUT2D eigenvalue weighted by molar-refractivity contribution is 0.312. The van der Waals surface area contributed by atoms with Crippen LogP contribution in [0.5, 0.6) is 0 Å². The van der Waals surface area contributed by atoms with Gasteiger partial charge in [-0.1, -0.05) is 0 Å². The van der Waals surface area contributed by atoms with Gasteiger partial charge in [-0.25, -0.2) is 9.97 Å². The van der Waals surface area contributed by atoms with Crippen LogP contribution in [0.25, 0.3) is 10.2 Å². The Kier molecular flexibility index (Phi) is 4.04. The molecule has 0 aliphatic carbocycles. The fraction of sp³-hybridized carbons (Fsp3) is 0.500. The van der Waals surface area contributed by atoms with Gasteiger partial charge >= 0.3 is 0 Å². The zero-order chi connectivity index (χ0) is 11.8. The minimum Gasteiger partial charge on any atom is -0.353 e. The molecule has 4 nitrogen and oxygen atoms in total. The Morgan fingerprint density at radius 2 is 1.89 bits per heavy atom. The summed E-state index contributed by atoms with van der Waals surface area (Å²) < 4.78 is 0. The summed E-state index contributed by atoms with van der Waals surface area (Å²) in [6, 6.07) is 2.20. The fourth-order valence-corrected chi connectivity index (χ4v) is 3.08. The molecule has 0 bridgehead atoms. The maximum Gasteiger partial charge on any atom is 0.140 e. The van der Waals surface area contributed by atoms with E-state index in [4.69, 9.17) is 0 Å². The van der Waals surface area contributed by atoms with E-state index in [-0.39, 0.29) is 12.4 Å². The fourth-order valence-electron chi connectivity index (χ4n) is 2.23. The molecule has 3 heterocycles. The van der Waals surface area contributed by atoms with E-state index < -0.39 is 0 Å². The van der Waals surface area contributed by atoms with Crippen molar-refractivity contribution in [1.82, 2.24) is 14.9 Å². The molecule has 1 aliphatic heterocycles. The van der Waals surface area contributed by atoms with Crippen molar-refractivity contribution in [3.05, 3.63) is 17.3 Å². The predicted molar refractivity (Wildman–Crippen MR) is 79.1 cm³/mol. The average molecular weight is 285 g/mol. The number of anilines is 1. The Morgan fingerprint density at radius 1 is 1.17 bits per heavy atom. The number of halogens is 1. The number of aromatic nitrogens is 2. The summed E-state index contributed by atoms with van der Waals surface area (Å²) in [5.74, 6) is 1.10. The molecule has 0 N–H and O–H groups in total. The largest absolute Gasteiger partial charge is 0.353 e. The summed E-state index contributed by atoms with van der Waals surface area (Å²) >= 11 is 1.74. The second-order valence-corrected chi connectivity index (χ2v) is 5.80. The minimum atomic E-state index is 0. The maximum atomic E-state index is 4.47. The number of piperazine rings is 1. The smallest absolute Gasteiger partial charge is 0.140 e. The number of nitrogens with zero attached hydrogens (tertiary/aromatic N) is 4. The molecule has 0 radical (unpaired) electrons. The minimum absolute atomic E-state index is 0. The third-order valence-electron chi connectivity index (χ3n) is 3.23. The van der Waals surface area contributed by atoms with Gasteiger partial charge in [-0.05, 0) is 20.0 Å². The number of hydrogen-bond donors (Lipinski definition) is 0. The molecule has 0 spiro atoms. The van der Waals surface area contributed by atoms with Gasteiger partial charge in [0.25, 0.3) is 0 Å². The lowest BCUT2D eigenvalue weighted by atomic mass is 10.3. The van der Waals surface area contributed by atoms with E-state index in [1.54, 1.807) is 17.7 Å². The number of thiophene rings is 1. The van der Waals surface area contributed by atoms with Crippen molar-refractivity contribution in [3.8, 4) is 0 Å². The highest BCUT2D eigenvalue weighted by atomic mass is 35.5. The highest BCUT2D eigenvalue weighted by Gasteiger charge is 2.18. The Labute approximate surface area is 117 Å². The van der Waals surface area contributed by atoms with Crippen LogP contribution in [0.3, 0.4) is 0 Å². The van der Waals surface area contributed by atoms with E-state index in [9.17, 15) is 0 Å². The molecule has 6 heteroatoms. The van der Waals surface area contributed by atoms with Crippen LogP contribution in [0, 0.1) is 6.92 Å². The number of fused-ring (bicyclic) bond motifs is 1. The highest BCUT2D eigenvalue weighted by molar-refractivity contribution is 7.18. The van der Waals surface area contributed by atoms with E-state index in [1.165, 1.54) is 10.3 Å². The van der Waals surface area contributed by atoms with E-state index in [1.807, 2.05) is 0 Å². The van der Waals surface area contributed by atoms with Gasteiger partial charge in [-0.3, -0.25) is 0 Å². The molecule has 1 fully saturated rings. The molecular formula is C12H17ClN4S. The second-order valence-electron chi connectivity index (χ2n) is 4.56. The first-order valence-corrected chi connectivity index (χ1v) is 6.70. The lowest BCUT2D eigenvalue weighted by Gasteiger charge is -2.33. The zero-order valence-electron chi connectivity index (χ0n) is 10.6. The van der Waals surface area contributed by atoms with Crippen molar-refractivity contribution in [2.24, 2.45) is 0 Å². The van der Waals surface area contributed by atoms with Crippen LogP contribution >= 0.6 is 23.7 Å². The first kappa shape index (κ1) is 13.5. The molecule has 0 aromatic carbocycles. The molecule has 98 valence electrons. The van der Waals surface area contributed by atoms with Crippen molar-refractivity contribution in [2.75, 3.05) is 38.1 Å². The maximum absolute atomic E-state index is 4.47. The summed E-state index contributed by atoms with van der Waals surface area (Å²) in [6.07, 6.45) is 1.69. The van der Waals surface area contributed by atoms with Crippen LogP contribution in [0.1, 0.15) is 4.88 Å². The van der Waals surface area contributed by atoms with Gasteiger partial charge in [-0.2, -0.15) is 0 Å². The van der Waals surface area contributed by atoms with Gasteiger partial charge in [0.05, 0.1) is 5.39 Å². The number of aryl methyl sites for hydroxylation is 1. The molecule has 0 saturated carbocycles. The van der Waals surface area contributed by atoms with Crippen LogP contribution in [0.15, 0.2) is 12.4 Å². The third-order valence-corrected chi connectivity index (χ3v) is 4.19. The molecule has 2 aromatic heterocycles. The van der Waals surface area contributed by atoms with Crippen molar-refractivity contribution < 1.29 is 0 Å². The van der Waals surface area contributed by atoms with E-state index in [0.29, 0.717) is 0 Å². The standard InChI is InChI=1S/C12H16N4S.ClH/c1-9-7-10-11(13-8-14-12(10)17-9)16-5-3-15(2)4-6-16;/h7-8H,3-6H2,1-2H3;1H. The Hall–Kier alpha value is -0.910. The number of rotatable bonds is 1. The van der Waals surface area contributed by atoms with Crippen LogP contribution in [-0.2, 0) is 0 Å². The van der Waals surface area contributed by atoms with Crippen molar-refractivity contribution in [2.45, 2.75) is 6.92 Å². The first-order valence-electron chi connectivity index (χ1n) is 5.88. The van der Waals surface area contributed by atoms with Gasteiger partial charge in [-0.15, -0.1) is 23.7 Å². The quantitative estimate of drug-likeness (QED) is 0.803. The summed E-state index contributed by atoms with van der Waals surface area (Å²) in [6.45, 7) is 6.44. The molecule has 2 aromatic rings. The van der Waals surface area contributed by atoms with Crippen LogP contribution in [0.4, 0.5) is 5.82 Å². The molecule has 18 heavy (non-hydrogen) atoms. The van der Waals surface area contributed by atoms with Gasteiger partial charge in [0.1, 0.15) is 17.0 Å². The normalized spacial score (nSPS) is 16.9. The van der Waals surface area contributed by atoms with E-state index >= 15 is 0 Å². The van der Waals surface area contributed by atoms with E-state index in [2.05, 4.69) is 39.8 Å². The van der Waals surface area contributed by atoms with Gasteiger partial charge in [0, 0.05) is 31.1 Å². The Bertz CT molecular complexity index is 534. The predicted octanol–water partition coefficient (Wildman–Crippen LogP) is 2.17.